The first-order valence-electron chi connectivity index (χ1n) is 7.63. The zero-order valence-electron chi connectivity index (χ0n) is 12.4. The molecule has 6 heteroatoms. The number of sulfonamides is 1. The third kappa shape index (κ3) is 3.56. The summed E-state index contributed by atoms with van der Waals surface area (Å²) in [4.78, 5) is 2.57. The molecule has 1 heterocycles. The molecular weight excluding hydrogens is 286 g/mol. The Kier molecular flexibility index (Phi) is 4.19. The minimum Gasteiger partial charge on any atom is -0.385 e. The van der Waals surface area contributed by atoms with Crippen LogP contribution in [0.5, 0.6) is 0 Å². The highest BCUT2D eigenvalue weighted by Crippen LogP contribution is 2.26. The number of anilines is 1. The molecule has 21 heavy (non-hydrogen) atoms. The maximum absolute atomic E-state index is 12.3. The minimum absolute atomic E-state index is 0.352. The predicted octanol–water partition coefficient (Wildman–Crippen LogP) is 1.42. The van der Waals surface area contributed by atoms with Crippen LogP contribution in [-0.2, 0) is 16.4 Å². The van der Waals surface area contributed by atoms with Gasteiger partial charge in [-0.15, -0.1) is 0 Å². The number of rotatable bonds is 6. The number of likely N-dealkylation sites (N-methyl/N-ethyl adjacent to an activating group) is 1. The van der Waals surface area contributed by atoms with Gasteiger partial charge in [0.05, 0.1) is 4.90 Å². The zero-order chi connectivity index (χ0) is 14.9. The first-order chi connectivity index (χ1) is 10.1. The molecule has 0 saturated heterocycles. The second-order valence-electron chi connectivity index (χ2n) is 5.96. The lowest BCUT2D eigenvalue weighted by molar-refractivity contribution is 0.329. The maximum Gasteiger partial charge on any atom is 0.240 e. The highest BCUT2D eigenvalue weighted by Gasteiger charge is 2.26. The first kappa shape index (κ1) is 14.8. The zero-order valence-corrected chi connectivity index (χ0v) is 13.2. The van der Waals surface area contributed by atoms with Gasteiger partial charge < -0.3 is 10.2 Å². The van der Waals surface area contributed by atoms with Crippen molar-refractivity contribution in [2.24, 2.45) is 0 Å². The summed E-state index contributed by atoms with van der Waals surface area (Å²) in [5.41, 5.74) is 2.16. The fourth-order valence-electron chi connectivity index (χ4n) is 2.74. The smallest absolute Gasteiger partial charge is 0.240 e. The largest absolute Gasteiger partial charge is 0.385 e. The van der Waals surface area contributed by atoms with Crippen molar-refractivity contribution in [3.05, 3.63) is 23.8 Å². The highest BCUT2D eigenvalue weighted by molar-refractivity contribution is 7.89. The van der Waals surface area contributed by atoms with Crippen LogP contribution in [0.25, 0.3) is 0 Å². The topological polar surface area (TPSA) is 61.4 Å². The average molecular weight is 309 g/mol. The standard InChI is InChI=1S/C15H23N3O2S/c1-18(13-5-6-13)10-9-17-21(19,20)14-7-4-12-3-2-8-16-15(12)11-14/h4,7,11,13,16-17H,2-3,5-6,8-10H2,1H3. The Labute approximate surface area is 126 Å². The first-order valence-corrected chi connectivity index (χ1v) is 9.11. The molecule has 1 fully saturated rings. The number of nitrogens with zero attached hydrogens (tertiary/aromatic N) is 1. The normalized spacial score (nSPS) is 18.4. The van der Waals surface area contributed by atoms with E-state index in [9.17, 15) is 8.42 Å². The molecule has 5 nitrogen and oxygen atoms in total. The molecule has 0 aromatic heterocycles. The number of fused-ring (bicyclic) bond motifs is 1. The Morgan fingerprint density at radius 2 is 2.19 bits per heavy atom. The van der Waals surface area contributed by atoms with Gasteiger partial charge in [-0.2, -0.15) is 0 Å². The van der Waals surface area contributed by atoms with Gasteiger partial charge >= 0.3 is 0 Å². The number of benzene rings is 1. The number of nitrogens with one attached hydrogen (secondary N) is 2. The monoisotopic (exact) mass is 309 g/mol. The van der Waals surface area contributed by atoms with Gasteiger partial charge in [-0.05, 0) is 50.4 Å². The van der Waals surface area contributed by atoms with Crippen LogP contribution in [-0.4, -0.2) is 46.0 Å². The third-order valence-electron chi connectivity index (χ3n) is 4.26. The van der Waals surface area contributed by atoms with Crippen LogP contribution in [0.3, 0.4) is 0 Å². The van der Waals surface area contributed by atoms with Crippen LogP contribution in [0, 0.1) is 0 Å². The fourth-order valence-corrected chi connectivity index (χ4v) is 3.79. The summed E-state index contributed by atoms with van der Waals surface area (Å²) in [5, 5.41) is 3.27. The van der Waals surface area contributed by atoms with Crippen LogP contribution in [0.2, 0.25) is 0 Å². The molecule has 1 aromatic rings. The average Bonchev–Trinajstić information content (AvgIpc) is 3.31. The van der Waals surface area contributed by atoms with Crippen molar-refractivity contribution in [1.82, 2.24) is 9.62 Å². The summed E-state index contributed by atoms with van der Waals surface area (Å²) in [7, 11) is -1.36. The summed E-state index contributed by atoms with van der Waals surface area (Å²) in [6, 6.07) is 6.04. The molecule has 0 atom stereocenters. The van der Waals surface area contributed by atoms with E-state index in [1.165, 1.54) is 18.4 Å². The van der Waals surface area contributed by atoms with Crippen LogP contribution in [0.15, 0.2) is 23.1 Å². The van der Waals surface area contributed by atoms with E-state index in [-0.39, 0.29) is 0 Å². The van der Waals surface area contributed by atoms with E-state index in [1.807, 2.05) is 6.07 Å². The second-order valence-corrected chi connectivity index (χ2v) is 7.73. The molecule has 0 radical (unpaired) electrons. The van der Waals surface area contributed by atoms with E-state index in [0.717, 1.165) is 31.6 Å². The van der Waals surface area contributed by atoms with Crippen LogP contribution in [0.1, 0.15) is 24.8 Å². The van der Waals surface area contributed by atoms with Crippen molar-refractivity contribution in [2.45, 2.75) is 36.6 Å². The van der Waals surface area contributed by atoms with E-state index in [0.29, 0.717) is 17.5 Å². The number of hydrogen-bond donors (Lipinski definition) is 2. The molecule has 3 rings (SSSR count). The molecule has 1 saturated carbocycles. The Morgan fingerprint density at radius 3 is 2.95 bits per heavy atom. The Hall–Kier alpha value is -1.11. The lowest BCUT2D eigenvalue weighted by Crippen LogP contribution is -2.34. The fraction of sp³-hybridized carbons (Fsp3) is 0.600. The Morgan fingerprint density at radius 1 is 1.38 bits per heavy atom. The van der Waals surface area contributed by atoms with Crippen LogP contribution >= 0.6 is 0 Å². The van der Waals surface area contributed by atoms with Gasteiger partial charge in [0, 0.05) is 31.4 Å². The third-order valence-corrected chi connectivity index (χ3v) is 5.72. The van der Waals surface area contributed by atoms with E-state index in [2.05, 4.69) is 22.0 Å². The minimum atomic E-state index is -3.41. The molecule has 1 aliphatic carbocycles. The van der Waals surface area contributed by atoms with E-state index in [1.54, 1.807) is 12.1 Å². The molecule has 1 aliphatic heterocycles. The van der Waals surface area contributed by atoms with Crippen molar-refractivity contribution in [3.8, 4) is 0 Å². The number of hydrogen-bond acceptors (Lipinski definition) is 4. The molecule has 0 amide bonds. The van der Waals surface area contributed by atoms with Crippen molar-refractivity contribution >= 4 is 15.7 Å². The van der Waals surface area contributed by atoms with Crippen molar-refractivity contribution in [2.75, 3.05) is 32.0 Å². The second kappa shape index (κ2) is 5.94. The van der Waals surface area contributed by atoms with Crippen molar-refractivity contribution < 1.29 is 8.42 Å². The molecule has 2 aliphatic rings. The Bertz CT molecular complexity index is 611. The van der Waals surface area contributed by atoms with Gasteiger partial charge in [0.15, 0.2) is 0 Å². The number of aryl methyl sites for hydroxylation is 1. The molecule has 0 bridgehead atoms. The lowest BCUT2D eigenvalue weighted by Gasteiger charge is -2.19. The van der Waals surface area contributed by atoms with Crippen LogP contribution in [0.4, 0.5) is 5.69 Å². The summed E-state index contributed by atoms with van der Waals surface area (Å²) >= 11 is 0. The summed E-state index contributed by atoms with van der Waals surface area (Å²) < 4.78 is 27.4. The quantitative estimate of drug-likeness (QED) is 0.834. The molecule has 116 valence electrons. The van der Waals surface area contributed by atoms with Gasteiger partial charge in [0.25, 0.3) is 0 Å². The SMILES string of the molecule is CN(CCNS(=O)(=O)c1ccc2c(c1)NCCC2)C1CC1. The highest BCUT2D eigenvalue weighted by atomic mass is 32.2. The summed E-state index contributed by atoms with van der Waals surface area (Å²) in [5.74, 6) is 0. The molecule has 1 aromatic carbocycles. The Balaban J connectivity index is 1.63. The summed E-state index contributed by atoms with van der Waals surface area (Å²) in [6.45, 7) is 2.13. The van der Waals surface area contributed by atoms with Gasteiger partial charge in [-0.1, -0.05) is 6.07 Å². The van der Waals surface area contributed by atoms with Crippen LogP contribution < -0.4 is 10.0 Å². The molecule has 0 unspecified atom stereocenters. The summed E-state index contributed by atoms with van der Waals surface area (Å²) in [6.07, 6.45) is 4.59. The van der Waals surface area contributed by atoms with Gasteiger partial charge in [-0.3, -0.25) is 0 Å². The predicted molar refractivity (Wildman–Crippen MR) is 84.1 cm³/mol. The van der Waals surface area contributed by atoms with Crippen molar-refractivity contribution in [3.63, 3.8) is 0 Å². The van der Waals surface area contributed by atoms with E-state index < -0.39 is 10.0 Å². The van der Waals surface area contributed by atoms with Crippen molar-refractivity contribution in [1.29, 1.82) is 0 Å². The van der Waals surface area contributed by atoms with E-state index >= 15 is 0 Å². The molecule has 0 spiro atoms. The van der Waals surface area contributed by atoms with Gasteiger partial charge in [0.2, 0.25) is 10.0 Å². The maximum atomic E-state index is 12.3. The van der Waals surface area contributed by atoms with Gasteiger partial charge in [-0.25, -0.2) is 13.1 Å². The molecular formula is C15H23N3O2S. The van der Waals surface area contributed by atoms with Gasteiger partial charge in [0.1, 0.15) is 0 Å². The molecule has 2 N–H and O–H groups in total. The van der Waals surface area contributed by atoms with E-state index in [4.69, 9.17) is 0 Å². The lowest BCUT2D eigenvalue weighted by atomic mass is 10.0.